The van der Waals surface area contributed by atoms with Crippen LogP contribution in [0.25, 0.3) is 10.1 Å². The van der Waals surface area contributed by atoms with E-state index in [0.29, 0.717) is 18.8 Å². The Kier molecular flexibility index (Phi) is 4.78. The SMILES string of the molecule is O=C(c1ccc(CN2CCCC2)o1)N1CCN(c2nsc3ccccc23)CC1. The first kappa shape index (κ1) is 17.7. The Morgan fingerprint density at radius 1 is 1.00 bits per heavy atom. The van der Waals surface area contributed by atoms with Crippen LogP contribution in [0, 0.1) is 0 Å². The first-order valence-corrected chi connectivity index (χ1v) is 10.7. The number of aromatic nitrogens is 1. The molecule has 1 aromatic carbocycles. The zero-order chi connectivity index (χ0) is 18.9. The van der Waals surface area contributed by atoms with E-state index in [-0.39, 0.29) is 5.91 Å². The van der Waals surface area contributed by atoms with Gasteiger partial charge in [-0.3, -0.25) is 9.69 Å². The first-order valence-electron chi connectivity index (χ1n) is 9.98. The summed E-state index contributed by atoms with van der Waals surface area (Å²) in [7, 11) is 0. The van der Waals surface area contributed by atoms with Crippen LogP contribution >= 0.6 is 11.5 Å². The molecule has 0 radical (unpaired) electrons. The minimum Gasteiger partial charge on any atom is -0.455 e. The summed E-state index contributed by atoms with van der Waals surface area (Å²) in [5, 5.41) is 1.20. The first-order chi connectivity index (χ1) is 13.8. The minimum atomic E-state index is -0.00421. The predicted octanol–water partition coefficient (Wildman–Crippen LogP) is 3.45. The molecular formula is C21H24N4O2S. The number of furan rings is 1. The Balaban J connectivity index is 1.22. The fourth-order valence-electron chi connectivity index (χ4n) is 4.12. The molecule has 2 saturated heterocycles. The molecule has 6 nitrogen and oxygen atoms in total. The van der Waals surface area contributed by atoms with Crippen LogP contribution in [-0.2, 0) is 6.54 Å². The predicted molar refractivity (Wildman–Crippen MR) is 111 cm³/mol. The molecule has 5 rings (SSSR count). The second kappa shape index (κ2) is 7.56. The van der Waals surface area contributed by atoms with Gasteiger partial charge in [0, 0.05) is 31.6 Å². The Hall–Kier alpha value is -2.38. The second-order valence-electron chi connectivity index (χ2n) is 7.53. The number of benzene rings is 1. The van der Waals surface area contributed by atoms with Gasteiger partial charge in [0.05, 0.1) is 11.2 Å². The quantitative estimate of drug-likeness (QED) is 0.676. The van der Waals surface area contributed by atoms with E-state index >= 15 is 0 Å². The van der Waals surface area contributed by atoms with Crippen molar-refractivity contribution in [3.05, 3.63) is 47.9 Å². The maximum absolute atomic E-state index is 12.8. The summed E-state index contributed by atoms with van der Waals surface area (Å²) in [6.07, 6.45) is 2.51. The maximum atomic E-state index is 12.8. The molecule has 0 aliphatic carbocycles. The largest absolute Gasteiger partial charge is 0.455 e. The summed E-state index contributed by atoms with van der Waals surface area (Å²) in [5.41, 5.74) is 0. The molecule has 4 heterocycles. The molecule has 28 heavy (non-hydrogen) atoms. The Labute approximate surface area is 168 Å². The van der Waals surface area contributed by atoms with Gasteiger partial charge in [0.25, 0.3) is 5.91 Å². The summed E-state index contributed by atoms with van der Waals surface area (Å²) < 4.78 is 11.7. The normalized spacial score (nSPS) is 18.3. The van der Waals surface area contributed by atoms with E-state index in [9.17, 15) is 4.79 Å². The van der Waals surface area contributed by atoms with E-state index in [1.54, 1.807) is 0 Å². The van der Waals surface area contributed by atoms with Crippen molar-refractivity contribution in [1.82, 2.24) is 14.2 Å². The van der Waals surface area contributed by atoms with Gasteiger partial charge in [0.15, 0.2) is 5.76 Å². The van der Waals surface area contributed by atoms with Gasteiger partial charge in [-0.1, -0.05) is 12.1 Å². The lowest BCUT2D eigenvalue weighted by Crippen LogP contribution is -2.48. The van der Waals surface area contributed by atoms with Gasteiger partial charge in [0.2, 0.25) is 0 Å². The fourth-order valence-corrected chi connectivity index (χ4v) is 4.91. The number of fused-ring (bicyclic) bond motifs is 1. The summed E-state index contributed by atoms with van der Waals surface area (Å²) in [6.45, 7) is 6.01. The van der Waals surface area contributed by atoms with Crippen molar-refractivity contribution >= 4 is 33.3 Å². The molecule has 2 fully saturated rings. The molecule has 0 spiro atoms. The van der Waals surface area contributed by atoms with Crippen LogP contribution in [0.2, 0.25) is 0 Å². The van der Waals surface area contributed by atoms with Crippen molar-refractivity contribution in [1.29, 1.82) is 0 Å². The lowest BCUT2D eigenvalue weighted by molar-refractivity contribution is 0.0711. The number of hydrogen-bond donors (Lipinski definition) is 0. The second-order valence-corrected chi connectivity index (χ2v) is 8.34. The van der Waals surface area contributed by atoms with E-state index in [1.165, 1.54) is 34.5 Å². The number of carbonyl (C=O) groups excluding carboxylic acids is 1. The third-order valence-corrected chi connectivity index (χ3v) is 6.49. The molecule has 2 aliphatic rings. The molecule has 0 atom stereocenters. The van der Waals surface area contributed by atoms with Crippen LogP contribution in [0.15, 0.2) is 40.8 Å². The van der Waals surface area contributed by atoms with Crippen molar-refractivity contribution in [2.45, 2.75) is 19.4 Å². The average molecular weight is 397 g/mol. The van der Waals surface area contributed by atoms with Crippen LogP contribution in [0.4, 0.5) is 5.82 Å². The highest BCUT2D eigenvalue weighted by Crippen LogP contribution is 2.30. The summed E-state index contributed by atoms with van der Waals surface area (Å²) in [4.78, 5) is 19.4. The highest BCUT2D eigenvalue weighted by Gasteiger charge is 2.26. The van der Waals surface area contributed by atoms with Crippen LogP contribution in [0.1, 0.15) is 29.2 Å². The number of amides is 1. The van der Waals surface area contributed by atoms with Crippen molar-refractivity contribution < 1.29 is 9.21 Å². The average Bonchev–Trinajstić information content (AvgIpc) is 3.49. The minimum absolute atomic E-state index is 0.00421. The van der Waals surface area contributed by atoms with E-state index in [4.69, 9.17) is 4.42 Å². The molecule has 0 N–H and O–H groups in total. The van der Waals surface area contributed by atoms with Gasteiger partial charge >= 0.3 is 0 Å². The molecule has 0 saturated carbocycles. The van der Waals surface area contributed by atoms with Crippen LogP contribution in [0.3, 0.4) is 0 Å². The summed E-state index contributed by atoms with van der Waals surface area (Å²) >= 11 is 1.54. The van der Waals surface area contributed by atoms with Gasteiger partial charge in [-0.2, -0.15) is 4.37 Å². The van der Waals surface area contributed by atoms with Crippen molar-refractivity contribution in [2.24, 2.45) is 0 Å². The number of piperazine rings is 1. The van der Waals surface area contributed by atoms with E-state index in [2.05, 4.69) is 32.4 Å². The molecule has 3 aromatic rings. The third kappa shape index (κ3) is 3.40. The molecule has 1 amide bonds. The maximum Gasteiger partial charge on any atom is 0.289 e. The van der Waals surface area contributed by atoms with Crippen LogP contribution in [-0.4, -0.2) is 59.3 Å². The highest BCUT2D eigenvalue weighted by atomic mass is 32.1. The van der Waals surface area contributed by atoms with Crippen molar-refractivity contribution in [3.8, 4) is 0 Å². The third-order valence-electron chi connectivity index (χ3n) is 5.68. The zero-order valence-corrected chi connectivity index (χ0v) is 16.7. The number of hydrogen-bond acceptors (Lipinski definition) is 6. The van der Waals surface area contributed by atoms with E-state index in [1.807, 2.05) is 23.1 Å². The Morgan fingerprint density at radius 2 is 1.79 bits per heavy atom. The highest BCUT2D eigenvalue weighted by molar-refractivity contribution is 7.13. The monoisotopic (exact) mass is 396 g/mol. The van der Waals surface area contributed by atoms with Gasteiger partial charge in [0.1, 0.15) is 11.6 Å². The van der Waals surface area contributed by atoms with Crippen LogP contribution in [0.5, 0.6) is 0 Å². The van der Waals surface area contributed by atoms with Gasteiger partial charge in [-0.25, -0.2) is 0 Å². The zero-order valence-electron chi connectivity index (χ0n) is 15.8. The molecule has 7 heteroatoms. The van der Waals surface area contributed by atoms with Crippen molar-refractivity contribution in [3.63, 3.8) is 0 Å². The van der Waals surface area contributed by atoms with E-state index in [0.717, 1.165) is 44.3 Å². The molecule has 2 aliphatic heterocycles. The van der Waals surface area contributed by atoms with E-state index < -0.39 is 0 Å². The molecule has 146 valence electrons. The topological polar surface area (TPSA) is 52.8 Å². The van der Waals surface area contributed by atoms with Gasteiger partial charge < -0.3 is 14.2 Å². The number of carbonyl (C=O) groups is 1. The molecular weight excluding hydrogens is 372 g/mol. The number of anilines is 1. The molecule has 2 aromatic heterocycles. The summed E-state index contributed by atoms with van der Waals surface area (Å²) in [5.74, 6) is 2.38. The van der Waals surface area contributed by atoms with Gasteiger partial charge in [-0.05, 0) is 61.7 Å². The van der Waals surface area contributed by atoms with Crippen molar-refractivity contribution in [2.75, 3.05) is 44.2 Å². The Bertz CT molecular complexity index is 968. The summed E-state index contributed by atoms with van der Waals surface area (Å²) in [6, 6.07) is 12.1. The standard InChI is InChI=1S/C21H24N4O2S/c26-21(18-8-7-16(27-18)15-23-9-3-4-10-23)25-13-11-24(12-14-25)20-17-5-1-2-6-19(17)28-22-20/h1-2,5-8H,3-4,9-15H2. The van der Waals surface area contributed by atoms with Gasteiger partial charge in [-0.15, -0.1) is 0 Å². The number of rotatable bonds is 4. The molecule has 0 unspecified atom stereocenters. The fraction of sp³-hybridized carbons (Fsp3) is 0.429. The lowest BCUT2D eigenvalue weighted by Gasteiger charge is -2.34. The lowest BCUT2D eigenvalue weighted by atomic mass is 10.2. The molecule has 0 bridgehead atoms. The Morgan fingerprint density at radius 3 is 2.61 bits per heavy atom. The number of nitrogens with zero attached hydrogens (tertiary/aromatic N) is 4. The number of likely N-dealkylation sites (tertiary alicyclic amines) is 1. The van der Waals surface area contributed by atoms with Crippen LogP contribution < -0.4 is 4.90 Å². The smallest absolute Gasteiger partial charge is 0.289 e.